The molecule has 0 aromatic carbocycles. The maximum absolute atomic E-state index is 13.2. The minimum Gasteiger partial charge on any atom is -0.394 e. The van der Waals surface area contributed by atoms with E-state index in [2.05, 4.69) is 55.6 Å². The topological polar surface area (TPSA) is 189 Å². The first-order chi connectivity index (χ1) is 40.7. The highest BCUT2D eigenvalue weighted by Crippen LogP contribution is 2.24. The van der Waals surface area contributed by atoms with Crippen molar-refractivity contribution in [2.75, 3.05) is 13.2 Å². The van der Waals surface area contributed by atoms with Gasteiger partial charge in [0.05, 0.1) is 25.4 Å². The predicted octanol–water partition coefficient (Wildman–Crippen LogP) is 17.4. The number of carbonyl (C=O) groups is 1. The maximum Gasteiger partial charge on any atom is 0.249 e. The molecule has 0 radical (unpaired) electrons. The molecule has 0 bridgehead atoms. The normalized spacial score (nSPS) is 19.2. The first kappa shape index (κ1) is 79.3. The van der Waals surface area contributed by atoms with E-state index in [1.165, 1.54) is 257 Å². The van der Waals surface area contributed by atoms with Gasteiger partial charge in [-0.05, 0) is 64.2 Å². The van der Waals surface area contributed by atoms with Gasteiger partial charge in [0.2, 0.25) is 5.91 Å². The van der Waals surface area contributed by atoms with Crippen LogP contribution in [0.1, 0.15) is 348 Å². The third-order valence-corrected chi connectivity index (χ3v) is 17.4. The first-order valence-corrected chi connectivity index (χ1v) is 35.9. The van der Waals surface area contributed by atoms with Crippen molar-refractivity contribution < 1.29 is 50.0 Å². The number of hydrogen-bond acceptors (Lipinski definition) is 10. The molecule has 1 saturated heterocycles. The number of carbonyl (C=O) groups excluding carboxylic acids is 1. The van der Waals surface area contributed by atoms with Crippen LogP contribution in [0.3, 0.4) is 0 Å². The summed E-state index contributed by atoms with van der Waals surface area (Å²) in [6, 6.07) is -1.19. The number of hydrogen-bond donors (Lipinski definition) is 8. The van der Waals surface area contributed by atoms with Crippen molar-refractivity contribution in [1.82, 2.24) is 5.32 Å². The Bertz CT molecular complexity index is 1440. The van der Waals surface area contributed by atoms with Crippen LogP contribution in [0.15, 0.2) is 36.5 Å². The largest absolute Gasteiger partial charge is 0.394 e. The molecule has 0 aromatic rings. The van der Waals surface area contributed by atoms with Crippen LogP contribution < -0.4 is 5.32 Å². The molecule has 11 nitrogen and oxygen atoms in total. The van der Waals surface area contributed by atoms with Crippen molar-refractivity contribution in [3.8, 4) is 0 Å². The molecule has 83 heavy (non-hydrogen) atoms. The molecule has 1 fully saturated rings. The zero-order chi connectivity index (χ0) is 60.3. The lowest BCUT2D eigenvalue weighted by Crippen LogP contribution is -2.60. The highest BCUT2D eigenvalue weighted by molar-refractivity contribution is 5.80. The SMILES string of the molecule is CCCCCCC/C=C/CC/C=C/CC/C=C/CCCC(O)C(O)C(COC1OC(CO)C(O)C(O)C1O)NC(=O)C(O)CCCCCCCCCCCCCCCCCCCCCCCCCCCCCCCCCCCCCCCC. The van der Waals surface area contributed by atoms with Crippen molar-refractivity contribution in [2.45, 2.75) is 403 Å². The van der Waals surface area contributed by atoms with Crippen LogP contribution >= 0.6 is 0 Å². The van der Waals surface area contributed by atoms with Crippen molar-refractivity contribution in [3.05, 3.63) is 36.5 Å². The highest BCUT2D eigenvalue weighted by Gasteiger charge is 2.44. The van der Waals surface area contributed by atoms with Crippen LogP contribution in [-0.2, 0) is 14.3 Å². The molecule has 490 valence electrons. The van der Waals surface area contributed by atoms with E-state index in [0.717, 1.165) is 44.9 Å². The van der Waals surface area contributed by atoms with E-state index in [0.29, 0.717) is 19.3 Å². The van der Waals surface area contributed by atoms with E-state index >= 15 is 0 Å². The Hall–Kier alpha value is -1.67. The Balaban J connectivity index is 2.12. The van der Waals surface area contributed by atoms with Gasteiger partial charge in [-0.3, -0.25) is 4.79 Å². The van der Waals surface area contributed by atoms with Crippen LogP contribution in [0, 0.1) is 0 Å². The molecule has 11 heteroatoms. The highest BCUT2D eigenvalue weighted by atomic mass is 16.7. The van der Waals surface area contributed by atoms with Crippen molar-refractivity contribution >= 4 is 5.91 Å². The van der Waals surface area contributed by atoms with Gasteiger partial charge in [-0.15, -0.1) is 0 Å². The lowest BCUT2D eigenvalue weighted by atomic mass is 9.98. The van der Waals surface area contributed by atoms with Gasteiger partial charge in [0.1, 0.15) is 36.6 Å². The molecule has 0 saturated carbocycles. The number of amides is 1. The van der Waals surface area contributed by atoms with Gasteiger partial charge in [-0.2, -0.15) is 0 Å². The summed E-state index contributed by atoms with van der Waals surface area (Å²) in [6.45, 7) is 3.46. The molecule has 9 atom stereocenters. The Morgan fingerprint density at radius 3 is 1.07 bits per heavy atom. The zero-order valence-electron chi connectivity index (χ0n) is 54.2. The summed E-state index contributed by atoms with van der Waals surface area (Å²) in [5.74, 6) is -0.707. The smallest absolute Gasteiger partial charge is 0.249 e. The third kappa shape index (κ3) is 48.0. The van der Waals surface area contributed by atoms with E-state index < -0.39 is 74.2 Å². The Morgan fingerprint density at radius 2 is 0.723 bits per heavy atom. The third-order valence-electron chi connectivity index (χ3n) is 17.4. The minimum absolute atomic E-state index is 0.242. The molecule has 1 heterocycles. The van der Waals surface area contributed by atoms with Crippen molar-refractivity contribution in [1.29, 1.82) is 0 Å². The summed E-state index contributed by atoms with van der Waals surface area (Å²) in [5, 5.41) is 76.3. The van der Waals surface area contributed by atoms with E-state index in [1.807, 2.05) is 0 Å². The van der Waals surface area contributed by atoms with Gasteiger partial charge >= 0.3 is 0 Å². The Morgan fingerprint density at radius 1 is 0.410 bits per heavy atom. The number of unbranched alkanes of at least 4 members (excludes halogenated alkanes) is 45. The Labute approximate surface area is 511 Å². The van der Waals surface area contributed by atoms with Gasteiger partial charge in [0, 0.05) is 0 Å². The molecule has 1 amide bonds. The van der Waals surface area contributed by atoms with Gasteiger partial charge in [0.15, 0.2) is 6.29 Å². The van der Waals surface area contributed by atoms with E-state index in [1.54, 1.807) is 0 Å². The van der Waals surface area contributed by atoms with Gasteiger partial charge in [-0.1, -0.05) is 320 Å². The molecule has 9 unspecified atom stereocenters. The molecule has 1 aliphatic heterocycles. The van der Waals surface area contributed by atoms with Crippen LogP contribution in [0.2, 0.25) is 0 Å². The lowest BCUT2D eigenvalue weighted by molar-refractivity contribution is -0.303. The van der Waals surface area contributed by atoms with Crippen LogP contribution in [0.25, 0.3) is 0 Å². The number of aliphatic hydroxyl groups excluding tert-OH is 7. The van der Waals surface area contributed by atoms with E-state index in [-0.39, 0.29) is 12.8 Å². The van der Waals surface area contributed by atoms with Crippen LogP contribution in [-0.4, -0.2) is 110 Å². The van der Waals surface area contributed by atoms with Crippen LogP contribution in [0.5, 0.6) is 0 Å². The lowest BCUT2D eigenvalue weighted by Gasteiger charge is -2.40. The monoisotopic (exact) mass is 1180 g/mol. The fourth-order valence-electron chi connectivity index (χ4n) is 11.7. The second-order valence-corrected chi connectivity index (χ2v) is 25.3. The summed E-state index contributed by atoms with van der Waals surface area (Å²) in [4.78, 5) is 13.2. The second-order valence-electron chi connectivity index (χ2n) is 25.3. The van der Waals surface area contributed by atoms with Crippen molar-refractivity contribution in [2.24, 2.45) is 0 Å². The quantitative estimate of drug-likeness (QED) is 0.0215. The summed E-state index contributed by atoms with van der Waals surface area (Å²) < 4.78 is 11.2. The van der Waals surface area contributed by atoms with Crippen molar-refractivity contribution in [3.63, 3.8) is 0 Å². The predicted molar refractivity (Wildman–Crippen MR) is 349 cm³/mol. The average molecular weight is 1180 g/mol. The Kier molecular flexibility index (Phi) is 57.9. The molecule has 1 aliphatic rings. The molecular formula is C72H137NO10. The second kappa shape index (κ2) is 60.6. The zero-order valence-corrected chi connectivity index (χ0v) is 54.2. The first-order valence-electron chi connectivity index (χ1n) is 35.9. The number of rotatable bonds is 63. The fourth-order valence-corrected chi connectivity index (χ4v) is 11.7. The van der Waals surface area contributed by atoms with E-state index in [4.69, 9.17) is 9.47 Å². The molecule has 1 rings (SSSR count). The molecule has 0 aliphatic carbocycles. The number of ether oxygens (including phenoxy) is 2. The number of allylic oxidation sites excluding steroid dienone is 6. The number of nitrogens with one attached hydrogen (secondary N) is 1. The molecule has 0 aromatic heterocycles. The standard InChI is InChI=1S/C72H137NO10/c1-3-5-7-9-11-13-15-17-19-21-23-24-25-26-27-28-29-30-31-32-33-34-35-36-37-38-39-40-41-42-44-46-48-50-52-54-56-58-60-65(76)71(81)73-63(62-82-72-70(80)69(79)68(78)66(61-74)83-72)67(77)64(75)59-57-55-53-51-49-47-45-43-22-20-18-16-14-12-10-8-6-4-2/h16,18,43,45,51,53,63-70,72,74-80H,3-15,17,19-42,44,46-50,52,54-62H2,1-2H3,(H,73,81)/b18-16+,45-43+,53-51+. The number of aliphatic hydroxyl groups is 7. The van der Waals surface area contributed by atoms with E-state index in [9.17, 15) is 40.5 Å². The van der Waals surface area contributed by atoms with Gasteiger partial charge < -0.3 is 50.5 Å². The van der Waals surface area contributed by atoms with Gasteiger partial charge in [0.25, 0.3) is 0 Å². The summed E-state index contributed by atoms with van der Waals surface area (Å²) in [5.41, 5.74) is 0. The van der Waals surface area contributed by atoms with Gasteiger partial charge in [-0.25, -0.2) is 0 Å². The maximum atomic E-state index is 13.2. The fraction of sp³-hybridized carbons (Fsp3) is 0.903. The average Bonchev–Trinajstić information content (AvgIpc) is 3.65. The molecular weight excluding hydrogens is 1040 g/mol. The summed E-state index contributed by atoms with van der Waals surface area (Å²) in [6.07, 6.45) is 66.9. The summed E-state index contributed by atoms with van der Waals surface area (Å²) in [7, 11) is 0. The summed E-state index contributed by atoms with van der Waals surface area (Å²) >= 11 is 0. The van der Waals surface area contributed by atoms with Crippen LogP contribution in [0.4, 0.5) is 0 Å². The molecule has 0 spiro atoms. The molecule has 8 N–H and O–H groups in total. The minimum atomic E-state index is -1.67.